The molecule has 1 heterocycles. The van der Waals surface area contributed by atoms with Crippen LogP contribution in [0.4, 0.5) is 5.69 Å². The number of anilines is 1. The second-order valence-corrected chi connectivity index (χ2v) is 8.17. The molecule has 2 aromatic carbocycles. The summed E-state index contributed by atoms with van der Waals surface area (Å²) in [6.07, 6.45) is 1.60. The third kappa shape index (κ3) is 6.35. The normalized spacial score (nSPS) is 10.7. The number of carbonyl (C=O) groups excluding carboxylic acids is 2. The number of oxazole rings is 1. The quantitative estimate of drug-likeness (QED) is 0.468. The van der Waals surface area contributed by atoms with E-state index in [2.05, 4.69) is 10.3 Å². The molecule has 0 unspecified atom stereocenters. The summed E-state index contributed by atoms with van der Waals surface area (Å²) in [6.45, 7) is 5.23. The molecule has 3 aromatic rings. The number of rotatable bonds is 9. The number of benzene rings is 2. The number of halogens is 1. The summed E-state index contributed by atoms with van der Waals surface area (Å²) in [5, 5.41) is 3.50. The Morgan fingerprint density at radius 1 is 1.06 bits per heavy atom. The Labute approximate surface area is 191 Å². The maximum Gasteiger partial charge on any atom is 0.253 e. The van der Waals surface area contributed by atoms with Gasteiger partial charge in [-0.15, -0.1) is 11.8 Å². The van der Waals surface area contributed by atoms with Crippen LogP contribution in [0.2, 0.25) is 5.02 Å². The van der Waals surface area contributed by atoms with Crippen LogP contribution in [0, 0.1) is 0 Å². The fourth-order valence-corrected chi connectivity index (χ4v) is 3.76. The van der Waals surface area contributed by atoms with Crippen molar-refractivity contribution >= 4 is 40.9 Å². The maximum atomic E-state index is 12.3. The van der Waals surface area contributed by atoms with E-state index < -0.39 is 0 Å². The summed E-state index contributed by atoms with van der Waals surface area (Å²) in [4.78, 5) is 30.8. The largest absolute Gasteiger partial charge is 0.444 e. The van der Waals surface area contributed by atoms with Crippen molar-refractivity contribution in [2.45, 2.75) is 19.6 Å². The standard InChI is InChI=1S/C23H24ClN3O3S/c1-3-27(4-2)23(29)17-7-11-19(12-8-17)25-21(28)15-31-14-20-13-30-22(26-20)16-5-9-18(24)10-6-16/h5-13H,3-4,14-15H2,1-2H3,(H,25,28). The van der Waals surface area contributed by atoms with Gasteiger partial charge in [0.25, 0.3) is 5.91 Å². The zero-order valence-electron chi connectivity index (χ0n) is 17.4. The van der Waals surface area contributed by atoms with E-state index in [0.717, 1.165) is 11.3 Å². The highest BCUT2D eigenvalue weighted by atomic mass is 35.5. The zero-order chi connectivity index (χ0) is 22.2. The molecule has 0 fully saturated rings. The van der Waals surface area contributed by atoms with Crippen LogP contribution in [0.15, 0.2) is 59.2 Å². The molecule has 1 N–H and O–H groups in total. The van der Waals surface area contributed by atoms with Gasteiger partial charge in [-0.1, -0.05) is 11.6 Å². The van der Waals surface area contributed by atoms with Gasteiger partial charge in [-0.3, -0.25) is 9.59 Å². The minimum absolute atomic E-state index is 0.0102. The van der Waals surface area contributed by atoms with Gasteiger partial charge in [0.15, 0.2) is 0 Å². The van der Waals surface area contributed by atoms with Crippen molar-refractivity contribution in [3.8, 4) is 11.5 Å². The zero-order valence-corrected chi connectivity index (χ0v) is 19.0. The summed E-state index contributed by atoms with van der Waals surface area (Å²) in [5.74, 6) is 1.24. The van der Waals surface area contributed by atoms with Crippen LogP contribution < -0.4 is 5.32 Å². The molecule has 162 valence electrons. The van der Waals surface area contributed by atoms with Gasteiger partial charge in [0.05, 0.1) is 11.4 Å². The van der Waals surface area contributed by atoms with E-state index >= 15 is 0 Å². The Bertz CT molecular complexity index is 1020. The third-order valence-corrected chi connectivity index (χ3v) is 5.81. The molecule has 0 saturated carbocycles. The average Bonchev–Trinajstić information content (AvgIpc) is 3.24. The SMILES string of the molecule is CCN(CC)C(=O)c1ccc(NC(=O)CSCc2coc(-c3ccc(Cl)cc3)n2)cc1. The number of amides is 2. The van der Waals surface area contributed by atoms with Crippen molar-refractivity contribution in [1.82, 2.24) is 9.88 Å². The highest BCUT2D eigenvalue weighted by Gasteiger charge is 2.13. The minimum Gasteiger partial charge on any atom is -0.444 e. The van der Waals surface area contributed by atoms with Gasteiger partial charge in [-0.25, -0.2) is 4.98 Å². The smallest absolute Gasteiger partial charge is 0.253 e. The van der Waals surface area contributed by atoms with Gasteiger partial charge in [0.2, 0.25) is 11.8 Å². The van der Waals surface area contributed by atoms with Crippen LogP contribution in [0.5, 0.6) is 0 Å². The minimum atomic E-state index is -0.116. The number of hydrogen-bond acceptors (Lipinski definition) is 5. The highest BCUT2D eigenvalue weighted by Crippen LogP contribution is 2.22. The summed E-state index contributed by atoms with van der Waals surface area (Å²) in [5.41, 5.74) is 2.88. The molecule has 1 aromatic heterocycles. The first kappa shape index (κ1) is 22.9. The molecule has 0 bridgehead atoms. The summed E-state index contributed by atoms with van der Waals surface area (Å²) < 4.78 is 5.51. The predicted octanol–water partition coefficient (Wildman–Crippen LogP) is 5.35. The molecule has 0 aliphatic heterocycles. The summed E-state index contributed by atoms with van der Waals surface area (Å²) >= 11 is 7.34. The lowest BCUT2D eigenvalue weighted by Gasteiger charge is -2.18. The lowest BCUT2D eigenvalue weighted by molar-refractivity contribution is -0.113. The molecule has 0 saturated heterocycles. The lowest BCUT2D eigenvalue weighted by Crippen LogP contribution is -2.30. The average molecular weight is 458 g/mol. The van der Waals surface area contributed by atoms with Crippen LogP contribution >= 0.6 is 23.4 Å². The molecule has 2 amide bonds. The van der Waals surface area contributed by atoms with Gasteiger partial charge in [-0.2, -0.15) is 0 Å². The number of carbonyl (C=O) groups is 2. The van der Waals surface area contributed by atoms with Crippen molar-refractivity contribution < 1.29 is 14.0 Å². The van der Waals surface area contributed by atoms with E-state index in [-0.39, 0.29) is 17.6 Å². The maximum absolute atomic E-state index is 12.3. The third-order valence-electron chi connectivity index (χ3n) is 4.59. The van der Waals surface area contributed by atoms with Gasteiger partial charge in [0, 0.05) is 40.7 Å². The Morgan fingerprint density at radius 2 is 1.74 bits per heavy atom. The van der Waals surface area contributed by atoms with Gasteiger partial charge in [0.1, 0.15) is 6.26 Å². The molecule has 0 aliphatic carbocycles. The molecule has 0 spiro atoms. The number of hydrogen-bond donors (Lipinski definition) is 1. The van der Waals surface area contributed by atoms with Crippen LogP contribution in [-0.2, 0) is 10.5 Å². The van der Waals surface area contributed by atoms with E-state index in [4.69, 9.17) is 16.0 Å². The lowest BCUT2D eigenvalue weighted by atomic mass is 10.2. The van der Waals surface area contributed by atoms with Crippen LogP contribution in [0.1, 0.15) is 29.9 Å². The van der Waals surface area contributed by atoms with Gasteiger partial charge in [-0.05, 0) is 62.4 Å². The molecular formula is C23H24ClN3O3S. The van der Waals surface area contributed by atoms with E-state index in [1.807, 2.05) is 26.0 Å². The number of aromatic nitrogens is 1. The monoisotopic (exact) mass is 457 g/mol. The van der Waals surface area contributed by atoms with Crippen molar-refractivity contribution in [3.05, 3.63) is 71.1 Å². The molecule has 0 atom stereocenters. The Hall–Kier alpha value is -2.77. The molecular weight excluding hydrogens is 434 g/mol. The molecule has 8 heteroatoms. The molecule has 0 radical (unpaired) electrons. The Balaban J connectivity index is 1.46. The van der Waals surface area contributed by atoms with Crippen molar-refractivity contribution in [3.63, 3.8) is 0 Å². The Morgan fingerprint density at radius 3 is 2.39 bits per heavy atom. The second-order valence-electron chi connectivity index (χ2n) is 6.75. The first-order chi connectivity index (χ1) is 15.0. The van der Waals surface area contributed by atoms with E-state index in [1.165, 1.54) is 11.8 Å². The Kier molecular flexibility index (Phi) is 8.14. The van der Waals surface area contributed by atoms with Crippen molar-refractivity contribution in [2.24, 2.45) is 0 Å². The van der Waals surface area contributed by atoms with Crippen molar-refractivity contribution in [2.75, 3.05) is 24.2 Å². The fourth-order valence-electron chi connectivity index (χ4n) is 2.93. The first-order valence-corrected chi connectivity index (χ1v) is 11.5. The number of thioether (sulfide) groups is 1. The molecule has 6 nitrogen and oxygen atoms in total. The van der Waals surface area contributed by atoms with Crippen LogP contribution in [0.25, 0.3) is 11.5 Å². The van der Waals surface area contributed by atoms with Gasteiger partial charge < -0.3 is 14.6 Å². The summed E-state index contributed by atoms with van der Waals surface area (Å²) in [6, 6.07) is 14.2. The number of nitrogens with one attached hydrogen (secondary N) is 1. The summed E-state index contributed by atoms with van der Waals surface area (Å²) in [7, 11) is 0. The van der Waals surface area contributed by atoms with Gasteiger partial charge >= 0.3 is 0 Å². The topological polar surface area (TPSA) is 75.4 Å². The van der Waals surface area contributed by atoms with E-state index in [9.17, 15) is 9.59 Å². The number of nitrogens with zero attached hydrogens (tertiary/aromatic N) is 2. The highest BCUT2D eigenvalue weighted by molar-refractivity contribution is 7.99. The van der Waals surface area contributed by atoms with E-state index in [1.54, 1.807) is 47.6 Å². The fraction of sp³-hybridized carbons (Fsp3) is 0.261. The second kappa shape index (κ2) is 11.0. The van der Waals surface area contributed by atoms with Crippen LogP contribution in [0.3, 0.4) is 0 Å². The predicted molar refractivity (Wildman–Crippen MR) is 125 cm³/mol. The van der Waals surface area contributed by atoms with Crippen LogP contribution in [-0.4, -0.2) is 40.5 Å². The molecule has 31 heavy (non-hydrogen) atoms. The molecule has 3 rings (SSSR count). The first-order valence-electron chi connectivity index (χ1n) is 9.97. The van der Waals surface area contributed by atoms with E-state index in [0.29, 0.717) is 41.0 Å². The molecule has 0 aliphatic rings. The van der Waals surface area contributed by atoms with Crippen molar-refractivity contribution in [1.29, 1.82) is 0 Å².